The van der Waals surface area contributed by atoms with E-state index in [0.29, 0.717) is 11.0 Å². The zero-order chi connectivity index (χ0) is 20.2. The molecule has 0 saturated carbocycles. The molecule has 1 N–H and O–H groups in total. The van der Waals surface area contributed by atoms with Crippen LogP contribution in [0.15, 0.2) is 48.9 Å². The summed E-state index contributed by atoms with van der Waals surface area (Å²) in [5.74, 6) is 0.850. The molecule has 0 atom stereocenters. The molecule has 0 spiro atoms. The molecule has 0 bridgehead atoms. The summed E-state index contributed by atoms with van der Waals surface area (Å²) in [7, 11) is 0. The lowest BCUT2D eigenvalue weighted by atomic mass is 10.2. The van der Waals surface area contributed by atoms with Gasteiger partial charge in [0.2, 0.25) is 0 Å². The highest BCUT2D eigenvalue weighted by Gasteiger charge is 2.19. The number of phenols is 1. The van der Waals surface area contributed by atoms with Gasteiger partial charge in [-0.15, -0.1) is 12.4 Å². The summed E-state index contributed by atoms with van der Waals surface area (Å²) < 4.78 is 1.75. The van der Waals surface area contributed by atoms with Crippen molar-refractivity contribution in [2.75, 3.05) is 37.6 Å². The van der Waals surface area contributed by atoms with Gasteiger partial charge in [-0.05, 0) is 31.2 Å². The smallest absolute Gasteiger partial charge is 0.250 e. The largest absolute Gasteiger partial charge is 0.506 e. The van der Waals surface area contributed by atoms with Crippen LogP contribution in [-0.4, -0.2) is 62.5 Å². The molecule has 9 heteroatoms. The van der Waals surface area contributed by atoms with Gasteiger partial charge in [0.15, 0.2) is 0 Å². The Morgan fingerprint density at radius 1 is 1.13 bits per heavy atom. The van der Waals surface area contributed by atoms with E-state index in [2.05, 4.69) is 37.0 Å². The zero-order valence-electron chi connectivity index (χ0n) is 16.6. The Morgan fingerprint density at radius 2 is 1.87 bits per heavy atom. The molecule has 4 rings (SSSR count). The van der Waals surface area contributed by atoms with Gasteiger partial charge in [-0.1, -0.05) is 23.8 Å². The predicted octanol–water partition coefficient (Wildman–Crippen LogP) is 3.59. The van der Waals surface area contributed by atoms with Gasteiger partial charge in [-0.25, -0.2) is 14.6 Å². The fraction of sp³-hybridized carbons (Fsp3) is 0.286. The molecule has 1 aliphatic heterocycles. The topological polar surface area (TPSA) is 70.3 Å². The Hall–Kier alpha value is -2.61. The fourth-order valence-corrected chi connectivity index (χ4v) is 3.60. The Bertz CT molecular complexity index is 1000. The number of aromatic hydroxyl groups is 1. The third-order valence-corrected chi connectivity index (χ3v) is 5.34. The molecule has 7 nitrogen and oxygen atoms in total. The highest BCUT2D eigenvalue weighted by Crippen LogP contribution is 2.30. The first-order valence-corrected chi connectivity index (χ1v) is 9.94. The van der Waals surface area contributed by atoms with Gasteiger partial charge < -0.3 is 10.0 Å². The van der Waals surface area contributed by atoms with Crippen molar-refractivity contribution in [3.05, 3.63) is 65.2 Å². The van der Waals surface area contributed by atoms with E-state index in [1.807, 2.05) is 19.2 Å². The van der Waals surface area contributed by atoms with Crippen LogP contribution < -0.4 is 4.90 Å². The van der Waals surface area contributed by atoms with Crippen LogP contribution in [0.4, 0.5) is 5.69 Å². The van der Waals surface area contributed by atoms with Crippen molar-refractivity contribution < 1.29 is 5.11 Å². The quantitative estimate of drug-likeness (QED) is 0.645. The summed E-state index contributed by atoms with van der Waals surface area (Å²) in [6, 6.07) is 6.96. The number of rotatable bonds is 5. The van der Waals surface area contributed by atoms with Gasteiger partial charge in [0, 0.05) is 55.7 Å². The molecule has 2 aromatic heterocycles. The monoisotopic (exact) mass is 446 g/mol. The lowest BCUT2D eigenvalue weighted by molar-refractivity contribution is 0.283. The Balaban J connectivity index is 0.00000256. The molecule has 3 heterocycles. The Labute approximate surface area is 187 Å². The summed E-state index contributed by atoms with van der Waals surface area (Å²) in [5.41, 5.74) is 2.87. The van der Waals surface area contributed by atoms with Crippen LogP contribution in [0.1, 0.15) is 11.3 Å². The molecule has 30 heavy (non-hydrogen) atoms. The number of benzene rings is 1. The van der Waals surface area contributed by atoms with E-state index in [9.17, 15) is 5.11 Å². The summed E-state index contributed by atoms with van der Waals surface area (Å²) in [6.45, 7) is 6.42. The van der Waals surface area contributed by atoms with Crippen LogP contribution in [0.25, 0.3) is 12.0 Å². The molecule has 1 saturated heterocycles. The van der Waals surface area contributed by atoms with Crippen molar-refractivity contribution in [1.29, 1.82) is 0 Å². The average Bonchev–Trinajstić information content (AvgIpc) is 3.11. The molecule has 3 aromatic rings. The molecule has 0 radical (unpaired) electrons. The minimum atomic E-state index is 0. The first-order valence-electron chi connectivity index (χ1n) is 9.56. The SMILES string of the molecule is Cc1c(/C=C/CN2CCN(c3cc(Cl)ccc3O)CC2)cnn1-c1ncccn1.Cl. The summed E-state index contributed by atoms with van der Waals surface area (Å²) in [5, 5.41) is 15.1. The third-order valence-electron chi connectivity index (χ3n) is 5.10. The van der Waals surface area contributed by atoms with Crippen LogP contribution >= 0.6 is 24.0 Å². The lowest BCUT2D eigenvalue weighted by Crippen LogP contribution is -2.46. The molecular weight excluding hydrogens is 423 g/mol. The van der Waals surface area contributed by atoms with Crippen molar-refractivity contribution in [3.63, 3.8) is 0 Å². The summed E-state index contributed by atoms with van der Waals surface area (Å²) >= 11 is 6.07. The highest BCUT2D eigenvalue weighted by molar-refractivity contribution is 6.30. The van der Waals surface area contributed by atoms with Crippen molar-refractivity contribution in [2.24, 2.45) is 0 Å². The van der Waals surface area contributed by atoms with E-state index in [1.165, 1.54) is 0 Å². The van der Waals surface area contributed by atoms with Crippen LogP contribution in [0, 0.1) is 6.92 Å². The van der Waals surface area contributed by atoms with Crippen LogP contribution in [0.2, 0.25) is 5.02 Å². The minimum absolute atomic E-state index is 0. The molecule has 1 aliphatic rings. The Morgan fingerprint density at radius 3 is 2.60 bits per heavy atom. The van der Waals surface area contributed by atoms with Gasteiger partial charge in [0.05, 0.1) is 17.6 Å². The van der Waals surface area contributed by atoms with E-state index in [4.69, 9.17) is 11.6 Å². The zero-order valence-corrected chi connectivity index (χ0v) is 18.2. The molecule has 1 aromatic carbocycles. The second-order valence-corrected chi connectivity index (χ2v) is 7.41. The Kier molecular flexibility index (Phi) is 7.31. The van der Waals surface area contributed by atoms with E-state index in [1.54, 1.807) is 35.3 Å². The highest BCUT2D eigenvalue weighted by atomic mass is 35.5. The number of aromatic nitrogens is 4. The first-order chi connectivity index (χ1) is 14.1. The van der Waals surface area contributed by atoms with Gasteiger partial charge in [0.25, 0.3) is 5.95 Å². The number of anilines is 1. The predicted molar refractivity (Wildman–Crippen MR) is 122 cm³/mol. The van der Waals surface area contributed by atoms with Gasteiger partial charge in [-0.2, -0.15) is 5.10 Å². The van der Waals surface area contributed by atoms with E-state index in [0.717, 1.165) is 49.7 Å². The number of hydrogen-bond acceptors (Lipinski definition) is 6. The number of halogens is 2. The lowest BCUT2D eigenvalue weighted by Gasteiger charge is -2.35. The average molecular weight is 447 g/mol. The molecule has 0 unspecified atom stereocenters. The third kappa shape index (κ3) is 4.92. The molecule has 0 amide bonds. The number of hydrogen-bond donors (Lipinski definition) is 1. The van der Waals surface area contributed by atoms with Crippen molar-refractivity contribution in [1.82, 2.24) is 24.6 Å². The van der Waals surface area contributed by atoms with E-state index >= 15 is 0 Å². The maximum Gasteiger partial charge on any atom is 0.250 e. The standard InChI is InChI=1S/C21H23ClN6O.ClH/c1-16-17(15-25-28(16)21-23-7-3-8-24-21)4-2-9-26-10-12-27(13-11-26)19-14-18(22)5-6-20(19)29;/h2-8,14-15,29H,9-13H2,1H3;1H/b4-2+;. The van der Waals surface area contributed by atoms with E-state index in [-0.39, 0.29) is 18.2 Å². The molecular formula is C21H24Cl2N6O. The van der Waals surface area contributed by atoms with Crippen molar-refractivity contribution in [2.45, 2.75) is 6.92 Å². The van der Waals surface area contributed by atoms with Crippen LogP contribution in [0.5, 0.6) is 5.75 Å². The van der Waals surface area contributed by atoms with Gasteiger partial charge in [0.1, 0.15) is 5.75 Å². The summed E-state index contributed by atoms with van der Waals surface area (Å²) in [4.78, 5) is 13.1. The minimum Gasteiger partial charge on any atom is -0.506 e. The fourth-order valence-electron chi connectivity index (χ4n) is 3.44. The normalized spacial score (nSPS) is 14.8. The van der Waals surface area contributed by atoms with Crippen LogP contribution in [-0.2, 0) is 0 Å². The molecule has 158 valence electrons. The molecule has 1 fully saturated rings. The second-order valence-electron chi connectivity index (χ2n) is 6.97. The molecule has 0 aliphatic carbocycles. The van der Waals surface area contributed by atoms with Crippen molar-refractivity contribution >= 4 is 35.8 Å². The number of phenolic OH excluding ortho intramolecular Hbond substituents is 1. The number of nitrogens with zero attached hydrogens (tertiary/aromatic N) is 6. The first kappa shape index (κ1) is 22.1. The maximum atomic E-state index is 10.1. The number of piperazine rings is 1. The van der Waals surface area contributed by atoms with Crippen LogP contribution in [0.3, 0.4) is 0 Å². The van der Waals surface area contributed by atoms with Crippen molar-refractivity contribution in [3.8, 4) is 11.7 Å². The van der Waals surface area contributed by atoms with Gasteiger partial charge >= 0.3 is 0 Å². The maximum absolute atomic E-state index is 10.1. The van der Waals surface area contributed by atoms with E-state index < -0.39 is 0 Å². The van der Waals surface area contributed by atoms with Gasteiger partial charge in [-0.3, -0.25) is 4.90 Å². The summed E-state index contributed by atoms with van der Waals surface area (Å²) in [6.07, 6.45) is 9.51. The second kappa shape index (κ2) is 9.93.